The summed E-state index contributed by atoms with van der Waals surface area (Å²) in [6.45, 7) is 5.87. The predicted octanol–water partition coefficient (Wildman–Crippen LogP) is 2.79. The summed E-state index contributed by atoms with van der Waals surface area (Å²) in [5, 5.41) is 4.55. The molecule has 4 heterocycles. The largest absolute Gasteiger partial charge is 0.350 e. The summed E-state index contributed by atoms with van der Waals surface area (Å²) in [6.07, 6.45) is 7.16. The third kappa shape index (κ3) is 3.09. The number of fused-ring (bicyclic) bond motifs is 1. The smallest absolute Gasteiger partial charge is 0.231 e. The maximum Gasteiger partial charge on any atom is 0.231 e. The summed E-state index contributed by atoms with van der Waals surface area (Å²) in [6, 6.07) is 5.80. The number of hydrogen-bond donors (Lipinski definition) is 0. The van der Waals surface area contributed by atoms with E-state index in [0.29, 0.717) is 12.4 Å². The summed E-state index contributed by atoms with van der Waals surface area (Å²) in [5.41, 5.74) is 2.28. The molecule has 0 bridgehead atoms. The van der Waals surface area contributed by atoms with E-state index in [9.17, 15) is 4.39 Å². The van der Waals surface area contributed by atoms with Gasteiger partial charge in [0.25, 0.3) is 0 Å². The Kier molecular flexibility index (Phi) is 3.71. The van der Waals surface area contributed by atoms with Gasteiger partial charge in [-0.3, -0.25) is 0 Å². The molecule has 25 heavy (non-hydrogen) atoms. The number of halogens is 1. The molecule has 3 aromatic rings. The fourth-order valence-corrected chi connectivity index (χ4v) is 3.32. The van der Waals surface area contributed by atoms with Gasteiger partial charge in [-0.2, -0.15) is 9.49 Å². The monoisotopic (exact) mass is 338 g/mol. The van der Waals surface area contributed by atoms with Crippen molar-refractivity contribution in [3.8, 4) is 5.82 Å². The minimum absolute atomic E-state index is 0.00607. The molecule has 0 saturated carbocycles. The first-order valence-electron chi connectivity index (χ1n) is 8.21. The van der Waals surface area contributed by atoms with Gasteiger partial charge in [-0.25, -0.2) is 19.6 Å². The number of rotatable bonds is 2. The Morgan fingerprint density at radius 3 is 2.64 bits per heavy atom. The number of pyridine rings is 1. The normalized spacial score (nSPS) is 16.4. The molecule has 3 aromatic heterocycles. The Morgan fingerprint density at radius 2 is 1.92 bits per heavy atom. The van der Waals surface area contributed by atoms with E-state index in [1.807, 2.05) is 29.1 Å². The lowest BCUT2D eigenvalue weighted by Gasteiger charge is -2.30. The van der Waals surface area contributed by atoms with Crippen molar-refractivity contribution in [3.63, 3.8) is 0 Å². The molecule has 0 spiro atoms. The van der Waals surface area contributed by atoms with Crippen LogP contribution in [0.1, 0.15) is 25.1 Å². The topological polar surface area (TPSA) is 59.7 Å². The highest BCUT2D eigenvalue weighted by Gasteiger charge is 2.31. The highest BCUT2D eigenvalue weighted by molar-refractivity contribution is 5.41. The maximum absolute atomic E-state index is 13.1. The van der Waals surface area contributed by atoms with Crippen LogP contribution in [0.15, 0.2) is 43.0 Å². The van der Waals surface area contributed by atoms with Gasteiger partial charge in [-0.1, -0.05) is 19.9 Å². The molecule has 7 heteroatoms. The first kappa shape index (κ1) is 15.7. The molecular formula is C18H19FN6. The molecule has 0 saturated heterocycles. The van der Waals surface area contributed by atoms with Gasteiger partial charge < -0.3 is 4.90 Å². The van der Waals surface area contributed by atoms with Crippen molar-refractivity contribution in [3.05, 3.63) is 60.2 Å². The van der Waals surface area contributed by atoms with Crippen LogP contribution in [0.25, 0.3) is 5.82 Å². The molecule has 0 fully saturated rings. The Hall–Kier alpha value is -2.83. The van der Waals surface area contributed by atoms with Gasteiger partial charge >= 0.3 is 0 Å². The molecular weight excluding hydrogens is 319 g/mol. The SMILES string of the molecule is CC1(C)Cc2c(cnn2-c2ccccn2)CN(c2cnc(F)cn2)C1. The minimum Gasteiger partial charge on any atom is -0.350 e. The number of nitrogens with zero attached hydrogens (tertiary/aromatic N) is 6. The van der Waals surface area contributed by atoms with Crippen molar-refractivity contribution in [2.45, 2.75) is 26.8 Å². The van der Waals surface area contributed by atoms with E-state index in [1.54, 1.807) is 6.20 Å². The Morgan fingerprint density at radius 1 is 1.04 bits per heavy atom. The van der Waals surface area contributed by atoms with Gasteiger partial charge in [0, 0.05) is 24.8 Å². The molecule has 1 aliphatic heterocycles. The average molecular weight is 338 g/mol. The highest BCUT2D eigenvalue weighted by Crippen LogP contribution is 2.32. The molecule has 0 radical (unpaired) electrons. The number of anilines is 1. The van der Waals surface area contributed by atoms with Gasteiger partial charge in [0.1, 0.15) is 5.82 Å². The minimum atomic E-state index is -0.568. The fraction of sp³-hybridized carbons (Fsp3) is 0.333. The van der Waals surface area contributed by atoms with Crippen molar-refractivity contribution in [2.24, 2.45) is 5.41 Å². The third-order valence-corrected chi connectivity index (χ3v) is 4.38. The van der Waals surface area contributed by atoms with Crippen LogP contribution in [-0.2, 0) is 13.0 Å². The first-order chi connectivity index (χ1) is 12.0. The molecule has 6 nitrogen and oxygen atoms in total. The summed E-state index contributed by atoms with van der Waals surface area (Å²) < 4.78 is 15.0. The molecule has 128 valence electrons. The Balaban J connectivity index is 1.74. The van der Waals surface area contributed by atoms with Gasteiger partial charge in [-0.05, 0) is 24.0 Å². The predicted molar refractivity (Wildman–Crippen MR) is 91.9 cm³/mol. The van der Waals surface area contributed by atoms with Crippen LogP contribution in [0.2, 0.25) is 0 Å². The van der Waals surface area contributed by atoms with Crippen LogP contribution in [0.5, 0.6) is 0 Å². The third-order valence-electron chi connectivity index (χ3n) is 4.38. The summed E-state index contributed by atoms with van der Waals surface area (Å²) in [5.74, 6) is 0.920. The lowest BCUT2D eigenvalue weighted by molar-refractivity contribution is 0.363. The van der Waals surface area contributed by atoms with Crippen molar-refractivity contribution in [1.29, 1.82) is 0 Å². The summed E-state index contributed by atoms with van der Waals surface area (Å²) in [4.78, 5) is 14.5. The van der Waals surface area contributed by atoms with Crippen LogP contribution >= 0.6 is 0 Å². The van der Waals surface area contributed by atoms with Crippen LogP contribution in [0.4, 0.5) is 10.2 Å². The van der Waals surface area contributed by atoms with Crippen molar-refractivity contribution in [2.75, 3.05) is 11.4 Å². The highest BCUT2D eigenvalue weighted by atomic mass is 19.1. The van der Waals surface area contributed by atoms with E-state index in [2.05, 4.69) is 38.8 Å². The van der Waals surface area contributed by atoms with E-state index in [4.69, 9.17) is 0 Å². The van der Waals surface area contributed by atoms with Crippen molar-refractivity contribution in [1.82, 2.24) is 24.7 Å². The second kappa shape index (κ2) is 5.91. The second-order valence-electron chi connectivity index (χ2n) is 7.11. The second-order valence-corrected chi connectivity index (χ2v) is 7.11. The molecule has 4 rings (SSSR count). The van der Waals surface area contributed by atoms with Crippen LogP contribution < -0.4 is 4.90 Å². The standard InChI is InChI=1S/C18H19FN6/c1-18(2)7-14-13(8-23-25(14)16-5-3-4-6-20-16)11-24(12-18)17-10-21-15(19)9-22-17/h3-6,8-10H,7,11-12H2,1-2H3. The number of hydrogen-bond acceptors (Lipinski definition) is 5. The average Bonchev–Trinajstić information content (AvgIpc) is 2.91. The first-order valence-corrected chi connectivity index (χ1v) is 8.21. The quantitative estimate of drug-likeness (QED) is 0.719. The zero-order chi connectivity index (χ0) is 17.4. The van der Waals surface area contributed by atoms with E-state index < -0.39 is 5.95 Å². The van der Waals surface area contributed by atoms with Gasteiger partial charge in [0.2, 0.25) is 5.95 Å². The molecule has 0 aromatic carbocycles. The lowest BCUT2D eigenvalue weighted by Crippen LogP contribution is -2.33. The number of aromatic nitrogens is 5. The molecule has 0 unspecified atom stereocenters. The lowest BCUT2D eigenvalue weighted by atomic mass is 9.87. The Bertz CT molecular complexity index is 872. The van der Waals surface area contributed by atoms with E-state index in [-0.39, 0.29) is 5.41 Å². The van der Waals surface area contributed by atoms with E-state index in [0.717, 1.165) is 36.2 Å². The van der Waals surface area contributed by atoms with E-state index in [1.165, 1.54) is 6.20 Å². The fourth-order valence-electron chi connectivity index (χ4n) is 3.32. The molecule has 0 amide bonds. The molecule has 0 N–H and O–H groups in total. The van der Waals surface area contributed by atoms with Gasteiger partial charge in [0.15, 0.2) is 5.82 Å². The van der Waals surface area contributed by atoms with Gasteiger partial charge in [-0.15, -0.1) is 0 Å². The van der Waals surface area contributed by atoms with E-state index >= 15 is 0 Å². The zero-order valence-corrected chi connectivity index (χ0v) is 14.2. The van der Waals surface area contributed by atoms with Gasteiger partial charge in [0.05, 0.1) is 24.3 Å². The summed E-state index contributed by atoms with van der Waals surface area (Å²) >= 11 is 0. The Labute approximate surface area is 145 Å². The maximum atomic E-state index is 13.1. The molecule has 0 atom stereocenters. The summed E-state index contributed by atoms with van der Waals surface area (Å²) in [7, 11) is 0. The van der Waals surface area contributed by atoms with Crippen LogP contribution in [-0.4, -0.2) is 31.3 Å². The molecule has 1 aliphatic rings. The zero-order valence-electron chi connectivity index (χ0n) is 14.2. The van der Waals surface area contributed by atoms with Crippen molar-refractivity contribution < 1.29 is 4.39 Å². The van der Waals surface area contributed by atoms with Crippen LogP contribution in [0, 0.1) is 11.4 Å². The van der Waals surface area contributed by atoms with Crippen LogP contribution in [0.3, 0.4) is 0 Å². The molecule has 0 aliphatic carbocycles. The van der Waals surface area contributed by atoms with Crippen molar-refractivity contribution >= 4 is 5.82 Å².